The first kappa shape index (κ1) is 15.3. The summed E-state index contributed by atoms with van der Waals surface area (Å²) in [6.45, 7) is 4.33. The van der Waals surface area contributed by atoms with Gasteiger partial charge in [0.15, 0.2) is 0 Å². The second-order valence-electron chi connectivity index (χ2n) is 6.48. The molecule has 2 saturated heterocycles. The van der Waals surface area contributed by atoms with Gasteiger partial charge in [0.05, 0.1) is 0 Å². The molecule has 0 saturated carbocycles. The molecule has 2 aliphatic heterocycles. The highest BCUT2D eigenvalue weighted by molar-refractivity contribution is 4.96. The third kappa shape index (κ3) is 3.93. The van der Waals surface area contributed by atoms with E-state index in [9.17, 15) is 0 Å². The van der Waals surface area contributed by atoms with Crippen molar-refractivity contribution in [3.63, 3.8) is 0 Å². The summed E-state index contributed by atoms with van der Waals surface area (Å²) in [6.07, 6.45) is 9.37. The van der Waals surface area contributed by atoms with Crippen LogP contribution in [0.3, 0.4) is 0 Å². The minimum absolute atomic E-state index is 0.715. The number of hydrogen-bond acceptors (Lipinski definition) is 3. The van der Waals surface area contributed by atoms with Crippen molar-refractivity contribution in [2.75, 3.05) is 27.3 Å². The van der Waals surface area contributed by atoms with Gasteiger partial charge in [-0.15, -0.1) is 0 Å². The van der Waals surface area contributed by atoms with E-state index in [1.165, 1.54) is 51.5 Å². The maximum absolute atomic E-state index is 5.22. The van der Waals surface area contributed by atoms with Crippen molar-refractivity contribution in [1.82, 2.24) is 10.2 Å². The molecule has 2 rings (SSSR count). The number of ether oxygens (including phenoxy) is 1. The Morgan fingerprint density at radius 1 is 1.26 bits per heavy atom. The fraction of sp³-hybridized carbons (Fsp3) is 1.00. The summed E-state index contributed by atoms with van der Waals surface area (Å²) in [4.78, 5) is 2.64. The molecule has 2 bridgehead atoms. The first-order chi connectivity index (χ1) is 9.26. The first-order valence-corrected chi connectivity index (χ1v) is 8.20. The van der Waals surface area contributed by atoms with E-state index in [-0.39, 0.29) is 0 Å². The largest absolute Gasteiger partial charge is 0.385 e. The summed E-state index contributed by atoms with van der Waals surface area (Å²) < 4.78 is 5.22. The highest BCUT2D eigenvalue weighted by Crippen LogP contribution is 2.39. The van der Waals surface area contributed by atoms with E-state index < -0.39 is 0 Å². The highest BCUT2D eigenvalue weighted by Gasteiger charge is 2.40. The van der Waals surface area contributed by atoms with Crippen molar-refractivity contribution >= 4 is 0 Å². The van der Waals surface area contributed by atoms with Gasteiger partial charge in [-0.05, 0) is 64.5 Å². The zero-order valence-electron chi connectivity index (χ0n) is 13.0. The molecule has 0 aromatic carbocycles. The van der Waals surface area contributed by atoms with Crippen molar-refractivity contribution < 1.29 is 4.74 Å². The number of nitrogens with zero attached hydrogens (tertiary/aromatic N) is 1. The quantitative estimate of drug-likeness (QED) is 0.685. The maximum atomic E-state index is 5.22. The van der Waals surface area contributed by atoms with Gasteiger partial charge >= 0.3 is 0 Å². The van der Waals surface area contributed by atoms with Crippen LogP contribution in [-0.4, -0.2) is 50.3 Å². The molecule has 1 N–H and O–H groups in total. The lowest BCUT2D eigenvalue weighted by Gasteiger charge is -2.40. The molecule has 2 aliphatic rings. The predicted octanol–water partition coefficient (Wildman–Crippen LogP) is 2.65. The number of rotatable bonds is 8. The monoisotopic (exact) mass is 268 g/mol. The normalized spacial score (nSPS) is 32.7. The lowest BCUT2D eigenvalue weighted by molar-refractivity contribution is 0.105. The van der Waals surface area contributed by atoms with Crippen molar-refractivity contribution in [2.24, 2.45) is 5.92 Å². The number of fused-ring (bicyclic) bond motifs is 2. The van der Waals surface area contributed by atoms with Crippen molar-refractivity contribution in [2.45, 2.75) is 70.0 Å². The number of piperidine rings is 1. The van der Waals surface area contributed by atoms with Crippen LogP contribution in [0.25, 0.3) is 0 Å². The molecule has 0 aliphatic carbocycles. The number of nitrogens with one attached hydrogen (secondary N) is 1. The van der Waals surface area contributed by atoms with Gasteiger partial charge in [0.1, 0.15) is 0 Å². The molecule has 0 aromatic heterocycles. The van der Waals surface area contributed by atoms with Crippen LogP contribution < -0.4 is 5.32 Å². The van der Waals surface area contributed by atoms with Crippen LogP contribution >= 0.6 is 0 Å². The van der Waals surface area contributed by atoms with Crippen molar-refractivity contribution in [3.05, 3.63) is 0 Å². The zero-order valence-corrected chi connectivity index (χ0v) is 13.0. The number of methoxy groups -OCH3 is 1. The van der Waals surface area contributed by atoms with E-state index in [1.54, 1.807) is 0 Å². The topological polar surface area (TPSA) is 24.5 Å². The van der Waals surface area contributed by atoms with E-state index in [4.69, 9.17) is 4.74 Å². The zero-order chi connectivity index (χ0) is 13.7. The third-order valence-corrected chi connectivity index (χ3v) is 5.22. The summed E-state index contributed by atoms with van der Waals surface area (Å²) >= 11 is 0. The van der Waals surface area contributed by atoms with Gasteiger partial charge in [-0.25, -0.2) is 0 Å². The Hall–Kier alpha value is -0.120. The first-order valence-electron chi connectivity index (χ1n) is 8.20. The van der Waals surface area contributed by atoms with Gasteiger partial charge in [0.2, 0.25) is 0 Å². The molecule has 19 heavy (non-hydrogen) atoms. The van der Waals surface area contributed by atoms with Crippen molar-refractivity contribution in [1.29, 1.82) is 0 Å². The average Bonchev–Trinajstić information content (AvgIpc) is 2.65. The summed E-state index contributed by atoms with van der Waals surface area (Å²) in [5.74, 6) is 0.886. The summed E-state index contributed by atoms with van der Waals surface area (Å²) in [6, 6.07) is 2.43. The molecule has 2 heterocycles. The van der Waals surface area contributed by atoms with E-state index in [0.717, 1.165) is 24.6 Å². The molecule has 0 radical (unpaired) electrons. The van der Waals surface area contributed by atoms with Crippen LogP contribution in [0, 0.1) is 5.92 Å². The Kier molecular flexibility index (Phi) is 6.11. The van der Waals surface area contributed by atoms with Gasteiger partial charge in [0, 0.05) is 31.8 Å². The van der Waals surface area contributed by atoms with E-state index >= 15 is 0 Å². The standard InChI is InChI=1S/C16H32N2O/c1-4-9-17-16(6-5-10-19-3)13-11-14-7-8-15(12-13)18(14)2/h13-17H,4-12H2,1-3H3. The van der Waals surface area contributed by atoms with Crippen LogP contribution in [0.1, 0.15) is 51.9 Å². The average molecular weight is 268 g/mol. The number of hydrogen-bond donors (Lipinski definition) is 1. The second-order valence-corrected chi connectivity index (χ2v) is 6.48. The molecule has 112 valence electrons. The van der Waals surface area contributed by atoms with Gasteiger partial charge < -0.3 is 15.0 Å². The van der Waals surface area contributed by atoms with E-state index in [0.29, 0.717) is 6.04 Å². The summed E-state index contributed by atoms with van der Waals surface area (Å²) in [5.41, 5.74) is 0. The van der Waals surface area contributed by atoms with E-state index in [1.807, 2.05) is 7.11 Å². The van der Waals surface area contributed by atoms with Crippen molar-refractivity contribution in [3.8, 4) is 0 Å². The summed E-state index contributed by atoms with van der Waals surface area (Å²) in [5, 5.41) is 3.81. The minimum Gasteiger partial charge on any atom is -0.385 e. The Bertz CT molecular complexity index is 245. The molecule has 3 heteroatoms. The molecular weight excluding hydrogens is 236 g/mol. The highest BCUT2D eigenvalue weighted by atomic mass is 16.5. The predicted molar refractivity (Wildman–Crippen MR) is 80.5 cm³/mol. The molecule has 3 unspecified atom stereocenters. The second kappa shape index (κ2) is 7.61. The van der Waals surface area contributed by atoms with Gasteiger partial charge in [-0.3, -0.25) is 0 Å². The molecule has 0 amide bonds. The van der Waals surface area contributed by atoms with E-state index in [2.05, 4.69) is 24.2 Å². The summed E-state index contributed by atoms with van der Waals surface area (Å²) in [7, 11) is 4.14. The van der Waals surface area contributed by atoms with Crippen LogP contribution in [0.5, 0.6) is 0 Å². The fourth-order valence-electron chi connectivity index (χ4n) is 4.06. The smallest absolute Gasteiger partial charge is 0.0462 e. The van der Waals surface area contributed by atoms with Gasteiger partial charge in [0.25, 0.3) is 0 Å². The molecular formula is C16H32N2O. The maximum Gasteiger partial charge on any atom is 0.0462 e. The Morgan fingerprint density at radius 2 is 1.95 bits per heavy atom. The molecule has 3 atom stereocenters. The Balaban J connectivity index is 1.86. The fourth-order valence-corrected chi connectivity index (χ4v) is 4.06. The molecule has 3 nitrogen and oxygen atoms in total. The van der Waals surface area contributed by atoms with Gasteiger partial charge in [-0.2, -0.15) is 0 Å². The molecule has 0 spiro atoms. The lowest BCUT2D eigenvalue weighted by Crippen LogP contribution is -2.47. The van der Waals surface area contributed by atoms with Crippen LogP contribution in [0.4, 0.5) is 0 Å². The van der Waals surface area contributed by atoms with Crippen LogP contribution in [0.2, 0.25) is 0 Å². The molecule has 2 fully saturated rings. The van der Waals surface area contributed by atoms with Crippen LogP contribution in [0.15, 0.2) is 0 Å². The Morgan fingerprint density at radius 3 is 2.53 bits per heavy atom. The van der Waals surface area contributed by atoms with Gasteiger partial charge in [-0.1, -0.05) is 6.92 Å². The Labute approximate surface area is 119 Å². The third-order valence-electron chi connectivity index (χ3n) is 5.22. The minimum atomic E-state index is 0.715. The lowest BCUT2D eigenvalue weighted by atomic mass is 9.83. The SMILES string of the molecule is CCCNC(CCCOC)C1CC2CCC(C1)N2C. The molecule has 0 aromatic rings. The van der Waals surface area contributed by atoms with Crippen LogP contribution in [-0.2, 0) is 4.74 Å².